The van der Waals surface area contributed by atoms with Crippen molar-refractivity contribution in [1.29, 1.82) is 0 Å². The molecule has 2 aromatic heterocycles. The molecule has 0 aliphatic carbocycles. The Labute approximate surface area is 154 Å². The maximum absolute atomic E-state index is 6.23. The van der Waals surface area contributed by atoms with Crippen molar-refractivity contribution < 1.29 is 4.52 Å². The highest BCUT2D eigenvalue weighted by atomic mass is 35.5. The Hall–Kier alpha value is -1.93. The first kappa shape index (κ1) is 16.5. The van der Waals surface area contributed by atoms with E-state index in [9.17, 15) is 0 Å². The van der Waals surface area contributed by atoms with Gasteiger partial charge in [-0.15, -0.1) is 0 Å². The predicted molar refractivity (Wildman–Crippen MR) is 95.1 cm³/mol. The van der Waals surface area contributed by atoms with Crippen molar-refractivity contribution in [2.45, 2.75) is 6.04 Å². The van der Waals surface area contributed by atoms with Gasteiger partial charge in [0, 0.05) is 30.9 Å². The molecule has 1 saturated heterocycles. The van der Waals surface area contributed by atoms with E-state index >= 15 is 0 Å². The number of halogens is 2. The number of hydrogen-bond acceptors (Lipinski definition) is 6. The minimum Gasteiger partial charge on any atom is -0.334 e. The summed E-state index contributed by atoms with van der Waals surface area (Å²) in [5.41, 5.74) is 1.46. The van der Waals surface area contributed by atoms with Crippen molar-refractivity contribution in [3.05, 3.63) is 46.5 Å². The van der Waals surface area contributed by atoms with E-state index in [1.165, 1.54) is 0 Å². The number of hydrogen-bond donors (Lipinski definition) is 1. The van der Waals surface area contributed by atoms with Crippen molar-refractivity contribution in [2.24, 2.45) is 0 Å². The molecular formula is C16H16Cl2N6O. The fraction of sp³-hybridized carbons (Fsp3) is 0.312. The van der Waals surface area contributed by atoms with E-state index in [4.69, 9.17) is 27.7 Å². The Balaban J connectivity index is 1.60. The van der Waals surface area contributed by atoms with Gasteiger partial charge in [0.25, 0.3) is 5.89 Å². The predicted octanol–water partition coefficient (Wildman–Crippen LogP) is 2.81. The number of piperazine rings is 1. The summed E-state index contributed by atoms with van der Waals surface area (Å²) in [7, 11) is 2.06. The minimum atomic E-state index is 0.104. The van der Waals surface area contributed by atoms with Gasteiger partial charge in [-0.25, -0.2) is 4.68 Å². The van der Waals surface area contributed by atoms with Gasteiger partial charge in [0.05, 0.1) is 28.5 Å². The lowest BCUT2D eigenvalue weighted by Gasteiger charge is -2.30. The molecule has 4 rings (SSSR count). The summed E-state index contributed by atoms with van der Waals surface area (Å²) in [4.78, 5) is 6.74. The molecule has 1 N–H and O–H groups in total. The molecule has 7 nitrogen and oxygen atoms in total. The number of nitrogens with zero attached hydrogens (tertiary/aromatic N) is 5. The number of rotatable bonds is 3. The quantitative estimate of drug-likeness (QED) is 0.755. The first-order valence-corrected chi connectivity index (χ1v) is 8.62. The molecule has 0 saturated carbocycles. The average molecular weight is 379 g/mol. The molecule has 0 amide bonds. The van der Waals surface area contributed by atoms with Crippen LogP contribution in [0.3, 0.4) is 0 Å². The fourth-order valence-corrected chi connectivity index (χ4v) is 3.31. The lowest BCUT2D eigenvalue weighted by molar-refractivity contribution is 0.190. The van der Waals surface area contributed by atoms with Gasteiger partial charge in [-0.3, -0.25) is 4.90 Å². The molecule has 1 fully saturated rings. The molecule has 0 spiro atoms. The molecule has 25 heavy (non-hydrogen) atoms. The van der Waals surface area contributed by atoms with Crippen LogP contribution in [0.4, 0.5) is 0 Å². The summed E-state index contributed by atoms with van der Waals surface area (Å²) in [6, 6.07) is 5.35. The summed E-state index contributed by atoms with van der Waals surface area (Å²) in [5.74, 6) is 1.10. The molecule has 1 unspecified atom stereocenters. The van der Waals surface area contributed by atoms with E-state index in [1.807, 2.05) is 6.07 Å². The zero-order valence-electron chi connectivity index (χ0n) is 13.5. The highest BCUT2D eigenvalue weighted by Crippen LogP contribution is 2.27. The highest BCUT2D eigenvalue weighted by molar-refractivity contribution is 6.35. The van der Waals surface area contributed by atoms with E-state index in [0.29, 0.717) is 21.8 Å². The largest absolute Gasteiger partial charge is 0.334 e. The Bertz CT molecular complexity index is 892. The molecule has 1 aliphatic heterocycles. The van der Waals surface area contributed by atoms with Crippen molar-refractivity contribution in [3.63, 3.8) is 0 Å². The first-order chi connectivity index (χ1) is 12.1. The van der Waals surface area contributed by atoms with Crippen LogP contribution in [0.2, 0.25) is 10.0 Å². The van der Waals surface area contributed by atoms with Gasteiger partial charge in [-0.2, -0.15) is 10.1 Å². The third-order valence-electron chi connectivity index (χ3n) is 4.24. The lowest BCUT2D eigenvalue weighted by atomic mass is 10.2. The molecule has 3 aromatic rings. The van der Waals surface area contributed by atoms with Gasteiger partial charge in [-0.1, -0.05) is 28.4 Å². The molecule has 9 heteroatoms. The number of likely N-dealkylation sites (N-methyl/N-ethyl adjacent to an activating group) is 1. The number of nitrogens with one attached hydrogen (secondary N) is 1. The van der Waals surface area contributed by atoms with Gasteiger partial charge >= 0.3 is 0 Å². The maximum Gasteiger partial charge on any atom is 0.261 e. The van der Waals surface area contributed by atoms with Crippen molar-refractivity contribution >= 4 is 23.2 Å². The van der Waals surface area contributed by atoms with E-state index in [1.54, 1.807) is 29.2 Å². The van der Waals surface area contributed by atoms with E-state index in [0.717, 1.165) is 30.9 Å². The first-order valence-electron chi connectivity index (χ1n) is 7.87. The van der Waals surface area contributed by atoms with Gasteiger partial charge in [0.15, 0.2) is 5.82 Å². The van der Waals surface area contributed by atoms with Crippen molar-refractivity contribution in [1.82, 2.24) is 30.1 Å². The molecule has 0 bridgehead atoms. The highest BCUT2D eigenvalue weighted by Gasteiger charge is 2.25. The smallest absolute Gasteiger partial charge is 0.261 e. The second kappa shape index (κ2) is 6.76. The topological polar surface area (TPSA) is 72.0 Å². The summed E-state index contributed by atoms with van der Waals surface area (Å²) >= 11 is 12.2. The third kappa shape index (κ3) is 3.28. The third-order valence-corrected chi connectivity index (χ3v) is 4.77. The lowest BCUT2D eigenvalue weighted by Crippen LogP contribution is -2.44. The van der Waals surface area contributed by atoms with E-state index in [2.05, 4.69) is 32.5 Å². The van der Waals surface area contributed by atoms with Crippen LogP contribution < -0.4 is 5.32 Å². The monoisotopic (exact) mass is 378 g/mol. The van der Waals surface area contributed by atoms with Crippen LogP contribution in [0.15, 0.2) is 35.1 Å². The van der Waals surface area contributed by atoms with E-state index < -0.39 is 0 Å². The average Bonchev–Trinajstić information content (AvgIpc) is 3.24. The molecule has 1 atom stereocenters. The Morgan fingerprint density at radius 3 is 3.00 bits per heavy atom. The molecular weight excluding hydrogens is 363 g/mol. The van der Waals surface area contributed by atoms with Gasteiger partial charge < -0.3 is 9.84 Å². The zero-order valence-corrected chi connectivity index (χ0v) is 15.0. The van der Waals surface area contributed by atoms with Crippen LogP contribution in [-0.4, -0.2) is 51.5 Å². The molecule has 130 valence electrons. The molecule has 1 aliphatic rings. The summed E-state index contributed by atoms with van der Waals surface area (Å²) in [6.07, 6.45) is 3.47. The van der Waals surface area contributed by atoms with Crippen molar-refractivity contribution in [2.75, 3.05) is 26.7 Å². The molecule has 3 heterocycles. The van der Waals surface area contributed by atoms with Crippen LogP contribution in [0, 0.1) is 0 Å². The SMILES string of the molecule is CN1CCNCC1c1noc(-c2cnn(-c3ccc(Cl)cc3Cl)c2)n1. The summed E-state index contributed by atoms with van der Waals surface area (Å²) in [6.45, 7) is 2.71. The normalized spacial score (nSPS) is 18.6. The Morgan fingerprint density at radius 1 is 1.32 bits per heavy atom. The molecule has 0 radical (unpaired) electrons. The summed E-state index contributed by atoms with van der Waals surface area (Å²) < 4.78 is 7.09. The van der Waals surface area contributed by atoms with Crippen LogP contribution in [0.25, 0.3) is 17.1 Å². The molecule has 1 aromatic carbocycles. The second-order valence-corrected chi connectivity index (χ2v) is 6.77. The number of aromatic nitrogens is 4. The van der Waals surface area contributed by atoms with Crippen LogP contribution >= 0.6 is 23.2 Å². The van der Waals surface area contributed by atoms with Crippen LogP contribution in [-0.2, 0) is 0 Å². The fourth-order valence-electron chi connectivity index (χ4n) is 2.81. The number of benzene rings is 1. The van der Waals surface area contributed by atoms with Gasteiger partial charge in [0.1, 0.15) is 0 Å². The van der Waals surface area contributed by atoms with Crippen LogP contribution in [0.1, 0.15) is 11.9 Å². The van der Waals surface area contributed by atoms with Crippen LogP contribution in [0.5, 0.6) is 0 Å². The van der Waals surface area contributed by atoms with Gasteiger partial charge in [-0.05, 0) is 25.2 Å². The summed E-state index contributed by atoms with van der Waals surface area (Å²) in [5, 5.41) is 12.9. The van der Waals surface area contributed by atoms with Gasteiger partial charge in [0.2, 0.25) is 0 Å². The maximum atomic E-state index is 6.23. The Kier molecular flexibility index (Phi) is 4.47. The zero-order chi connectivity index (χ0) is 17.4. The minimum absolute atomic E-state index is 0.104. The second-order valence-electron chi connectivity index (χ2n) is 5.93. The van der Waals surface area contributed by atoms with Crippen molar-refractivity contribution in [3.8, 4) is 17.1 Å². The standard InChI is InChI=1S/C16H16Cl2N6O/c1-23-5-4-19-8-14(23)15-21-16(25-22-15)10-7-20-24(9-10)13-3-2-11(17)6-12(13)18/h2-3,6-7,9,14,19H,4-5,8H2,1H3. The Morgan fingerprint density at radius 2 is 2.20 bits per heavy atom. The van der Waals surface area contributed by atoms with E-state index in [-0.39, 0.29) is 6.04 Å².